The Morgan fingerprint density at radius 2 is 2.26 bits per heavy atom. The van der Waals surface area contributed by atoms with Gasteiger partial charge in [0.15, 0.2) is 0 Å². The first-order valence-electron chi connectivity index (χ1n) is 6.50. The van der Waals surface area contributed by atoms with Crippen molar-refractivity contribution in [2.24, 2.45) is 0 Å². The summed E-state index contributed by atoms with van der Waals surface area (Å²) in [5.41, 5.74) is 3.68. The van der Waals surface area contributed by atoms with Crippen LogP contribution in [0.3, 0.4) is 0 Å². The van der Waals surface area contributed by atoms with Gasteiger partial charge in [-0.15, -0.1) is 0 Å². The Hall–Kier alpha value is -2.12. The van der Waals surface area contributed by atoms with Crippen LogP contribution in [0.5, 0.6) is 0 Å². The molecule has 0 spiro atoms. The minimum atomic E-state index is 0.652. The Bertz CT molecular complexity index is 592. The van der Waals surface area contributed by atoms with Crippen LogP contribution in [-0.4, -0.2) is 16.3 Å². The highest BCUT2D eigenvalue weighted by molar-refractivity contribution is 5.50. The second-order valence-electron chi connectivity index (χ2n) is 4.60. The summed E-state index contributed by atoms with van der Waals surface area (Å²) in [6.45, 7) is 5.90. The Labute approximate surface area is 113 Å². The summed E-state index contributed by atoms with van der Waals surface area (Å²) in [5.74, 6) is 0. The molecule has 19 heavy (non-hydrogen) atoms. The van der Waals surface area contributed by atoms with Crippen molar-refractivity contribution in [1.82, 2.24) is 15.1 Å². The molecule has 0 unspecified atom stereocenters. The third-order valence-corrected chi connectivity index (χ3v) is 2.90. The van der Waals surface area contributed by atoms with Crippen molar-refractivity contribution in [3.05, 3.63) is 47.3 Å². The van der Waals surface area contributed by atoms with Crippen molar-refractivity contribution in [1.29, 1.82) is 5.26 Å². The van der Waals surface area contributed by atoms with Crippen LogP contribution in [0.2, 0.25) is 0 Å². The van der Waals surface area contributed by atoms with Crippen molar-refractivity contribution in [2.45, 2.75) is 26.8 Å². The quantitative estimate of drug-likeness (QED) is 0.834. The van der Waals surface area contributed by atoms with E-state index >= 15 is 0 Å². The van der Waals surface area contributed by atoms with E-state index in [0.717, 1.165) is 36.3 Å². The molecule has 1 aromatic heterocycles. The second kappa shape index (κ2) is 6.17. The molecular formula is C15H18N4. The van der Waals surface area contributed by atoms with Gasteiger partial charge in [-0.05, 0) is 43.1 Å². The molecule has 0 saturated heterocycles. The molecule has 2 rings (SSSR count). The van der Waals surface area contributed by atoms with Crippen LogP contribution < -0.4 is 5.32 Å². The fraction of sp³-hybridized carbons (Fsp3) is 0.333. The standard InChI is InChI=1S/C15H18N4/c1-3-6-17-10-13-4-5-15(14(7-13)8-16)19-11-12(2)9-18-19/h4-5,7,9,11,17H,3,6,10H2,1-2H3. The lowest BCUT2D eigenvalue weighted by Gasteiger charge is -2.08. The Morgan fingerprint density at radius 1 is 1.42 bits per heavy atom. The number of benzene rings is 1. The van der Waals surface area contributed by atoms with Crippen molar-refractivity contribution >= 4 is 0 Å². The van der Waals surface area contributed by atoms with Crippen LogP contribution in [0.4, 0.5) is 0 Å². The molecular weight excluding hydrogens is 236 g/mol. The van der Waals surface area contributed by atoms with Gasteiger partial charge in [-0.1, -0.05) is 13.0 Å². The van der Waals surface area contributed by atoms with Gasteiger partial charge >= 0.3 is 0 Å². The molecule has 4 heteroatoms. The highest BCUT2D eigenvalue weighted by Gasteiger charge is 2.06. The number of rotatable bonds is 5. The third kappa shape index (κ3) is 3.21. The SMILES string of the molecule is CCCNCc1ccc(-n2cc(C)cn2)c(C#N)c1. The molecule has 0 saturated carbocycles. The number of aromatic nitrogens is 2. The van der Waals surface area contributed by atoms with E-state index in [1.54, 1.807) is 10.9 Å². The van der Waals surface area contributed by atoms with E-state index in [1.807, 2.05) is 31.3 Å². The average molecular weight is 254 g/mol. The van der Waals surface area contributed by atoms with Gasteiger partial charge in [0.25, 0.3) is 0 Å². The zero-order valence-electron chi connectivity index (χ0n) is 11.3. The van der Waals surface area contributed by atoms with Crippen molar-refractivity contribution in [3.63, 3.8) is 0 Å². The molecule has 0 atom stereocenters. The maximum atomic E-state index is 9.27. The Morgan fingerprint density at radius 3 is 2.89 bits per heavy atom. The highest BCUT2D eigenvalue weighted by atomic mass is 15.3. The van der Waals surface area contributed by atoms with Crippen LogP contribution in [0.25, 0.3) is 5.69 Å². The van der Waals surface area contributed by atoms with E-state index in [1.165, 1.54) is 0 Å². The molecule has 0 fully saturated rings. The number of aryl methyl sites for hydroxylation is 1. The van der Waals surface area contributed by atoms with E-state index in [0.29, 0.717) is 5.56 Å². The minimum Gasteiger partial charge on any atom is -0.313 e. The van der Waals surface area contributed by atoms with E-state index in [4.69, 9.17) is 0 Å². The maximum absolute atomic E-state index is 9.27. The molecule has 98 valence electrons. The van der Waals surface area contributed by atoms with Crippen LogP contribution in [-0.2, 0) is 6.54 Å². The number of nitrogens with one attached hydrogen (secondary N) is 1. The molecule has 0 aliphatic rings. The van der Waals surface area contributed by atoms with E-state index in [9.17, 15) is 5.26 Å². The van der Waals surface area contributed by atoms with Crippen LogP contribution in [0.15, 0.2) is 30.6 Å². The monoisotopic (exact) mass is 254 g/mol. The lowest BCUT2D eigenvalue weighted by molar-refractivity contribution is 0.675. The first-order valence-corrected chi connectivity index (χ1v) is 6.50. The average Bonchev–Trinajstić information content (AvgIpc) is 2.85. The summed E-state index contributed by atoms with van der Waals surface area (Å²) >= 11 is 0. The summed E-state index contributed by atoms with van der Waals surface area (Å²) in [4.78, 5) is 0. The first-order chi connectivity index (χ1) is 9.24. The molecule has 1 heterocycles. The van der Waals surface area contributed by atoms with Gasteiger partial charge in [-0.3, -0.25) is 0 Å². The number of nitrogens with zero attached hydrogens (tertiary/aromatic N) is 3. The van der Waals surface area contributed by atoms with Gasteiger partial charge < -0.3 is 5.32 Å². The molecule has 4 nitrogen and oxygen atoms in total. The topological polar surface area (TPSA) is 53.6 Å². The molecule has 0 amide bonds. The predicted molar refractivity (Wildman–Crippen MR) is 75.0 cm³/mol. The molecule has 2 aromatic rings. The van der Waals surface area contributed by atoms with Crippen molar-refractivity contribution in [2.75, 3.05) is 6.54 Å². The largest absolute Gasteiger partial charge is 0.313 e. The lowest BCUT2D eigenvalue weighted by Crippen LogP contribution is -2.14. The molecule has 1 N–H and O–H groups in total. The smallest absolute Gasteiger partial charge is 0.101 e. The molecule has 0 aliphatic carbocycles. The van der Waals surface area contributed by atoms with E-state index < -0.39 is 0 Å². The predicted octanol–water partition coefficient (Wildman–Crippen LogP) is 2.55. The summed E-state index contributed by atoms with van der Waals surface area (Å²) in [6.07, 6.45) is 4.82. The van der Waals surface area contributed by atoms with Crippen molar-refractivity contribution in [3.8, 4) is 11.8 Å². The summed E-state index contributed by atoms with van der Waals surface area (Å²) in [5, 5.41) is 16.9. The van der Waals surface area contributed by atoms with Gasteiger partial charge in [0.1, 0.15) is 6.07 Å². The molecule has 0 aliphatic heterocycles. The number of hydrogen-bond donors (Lipinski definition) is 1. The first kappa shape index (κ1) is 13.3. The normalized spacial score (nSPS) is 10.4. The fourth-order valence-corrected chi connectivity index (χ4v) is 1.94. The molecule has 1 aromatic carbocycles. The van der Waals surface area contributed by atoms with Crippen LogP contribution in [0.1, 0.15) is 30.0 Å². The number of hydrogen-bond acceptors (Lipinski definition) is 3. The maximum Gasteiger partial charge on any atom is 0.101 e. The van der Waals surface area contributed by atoms with Gasteiger partial charge in [0.2, 0.25) is 0 Å². The summed E-state index contributed by atoms with van der Waals surface area (Å²) in [7, 11) is 0. The van der Waals surface area contributed by atoms with E-state index in [2.05, 4.69) is 23.4 Å². The van der Waals surface area contributed by atoms with Gasteiger partial charge in [0, 0.05) is 12.7 Å². The zero-order chi connectivity index (χ0) is 13.7. The van der Waals surface area contributed by atoms with Gasteiger partial charge in [0.05, 0.1) is 17.4 Å². The fourth-order valence-electron chi connectivity index (χ4n) is 1.94. The Kier molecular flexibility index (Phi) is 4.32. The summed E-state index contributed by atoms with van der Waals surface area (Å²) < 4.78 is 1.75. The lowest BCUT2D eigenvalue weighted by atomic mass is 10.1. The van der Waals surface area contributed by atoms with Crippen molar-refractivity contribution < 1.29 is 0 Å². The summed E-state index contributed by atoms with van der Waals surface area (Å²) in [6, 6.07) is 8.16. The van der Waals surface area contributed by atoms with Gasteiger partial charge in [-0.25, -0.2) is 4.68 Å². The zero-order valence-corrected chi connectivity index (χ0v) is 11.3. The third-order valence-electron chi connectivity index (χ3n) is 2.90. The molecule has 0 radical (unpaired) electrons. The minimum absolute atomic E-state index is 0.652. The number of nitriles is 1. The van der Waals surface area contributed by atoms with Crippen LogP contribution in [0, 0.1) is 18.3 Å². The Balaban J connectivity index is 2.24. The second-order valence-corrected chi connectivity index (χ2v) is 4.60. The van der Waals surface area contributed by atoms with E-state index in [-0.39, 0.29) is 0 Å². The molecule has 0 bridgehead atoms. The van der Waals surface area contributed by atoms with Crippen LogP contribution >= 0.6 is 0 Å². The highest BCUT2D eigenvalue weighted by Crippen LogP contribution is 2.16. The van der Waals surface area contributed by atoms with Gasteiger partial charge in [-0.2, -0.15) is 10.4 Å².